The summed E-state index contributed by atoms with van der Waals surface area (Å²) in [4.78, 5) is 12.0. The average Bonchev–Trinajstić information content (AvgIpc) is 2.49. The van der Waals surface area contributed by atoms with Crippen LogP contribution in [0, 0.1) is 0 Å². The van der Waals surface area contributed by atoms with Gasteiger partial charge in [0, 0.05) is 0 Å². The maximum absolute atomic E-state index is 12.0. The Labute approximate surface area is 172 Å². The molecule has 0 rings (SSSR count). The molecule has 5 heteroatoms. The van der Waals surface area contributed by atoms with Crippen LogP contribution in [0.5, 0.6) is 0 Å². The van der Waals surface area contributed by atoms with E-state index in [4.69, 9.17) is 4.74 Å². The van der Waals surface area contributed by atoms with Crippen molar-refractivity contribution in [2.24, 2.45) is 0 Å². The Bertz CT molecular complexity index is 274. The summed E-state index contributed by atoms with van der Waals surface area (Å²) in [7, 11) is 0. The molecule has 0 heterocycles. The number of unbranched alkanes of at least 4 members (excludes halogenated alkanes) is 10. The first-order chi connectivity index (χ1) is 10.5. The Morgan fingerprint density at radius 2 is 1.22 bits per heavy atom. The van der Waals surface area contributed by atoms with Crippen molar-refractivity contribution in [3.05, 3.63) is 0 Å². The molecule has 0 aromatic carbocycles. The topological polar surface area (TPSA) is 26.3 Å². The second kappa shape index (κ2) is 17.8. The molecular formula is C18H38O2S2Sn. The van der Waals surface area contributed by atoms with Gasteiger partial charge >= 0.3 is 29.9 Å². The van der Waals surface area contributed by atoms with Gasteiger partial charge in [-0.05, 0) is 12.8 Å². The van der Waals surface area contributed by atoms with E-state index >= 15 is 0 Å². The quantitative estimate of drug-likeness (QED) is 0.112. The van der Waals surface area contributed by atoms with Crippen LogP contribution in [0.25, 0.3) is 0 Å². The van der Waals surface area contributed by atoms with Gasteiger partial charge in [-0.25, -0.2) is 4.79 Å². The molecule has 0 aliphatic carbocycles. The summed E-state index contributed by atoms with van der Waals surface area (Å²) >= 11 is 8.77. The van der Waals surface area contributed by atoms with E-state index < -0.39 is 4.08 Å². The molecule has 0 aliphatic rings. The fourth-order valence-corrected chi connectivity index (χ4v) is 2.86. The summed E-state index contributed by atoms with van der Waals surface area (Å²) < 4.78 is 4.39. The van der Waals surface area contributed by atoms with Gasteiger partial charge < -0.3 is 4.74 Å². The summed E-state index contributed by atoms with van der Waals surface area (Å²) in [5.41, 5.74) is 0. The van der Waals surface area contributed by atoms with Crippen LogP contribution in [0.3, 0.4) is 0 Å². The number of hydrogen-bond donors (Lipinski definition) is 2. The zero-order valence-electron chi connectivity index (χ0n) is 15.3. The third kappa shape index (κ3) is 16.2. The second-order valence-corrected chi connectivity index (χ2v) is 8.12. The van der Waals surface area contributed by atoms with Crippen LogP contribution in [0.1, 0.15) is 97.3 Å². The van der Waals surface area contributed by atoms with E-state index in [1.54, 1.807) is 0 Å². The van der Waals surface area contributed by atoms with Crippen molar-refractivity contribution >= 4 is 55.1 Å². The van der Waals surface area contributed by atoms with Gasteiger partial charge in [0.05, 0.1) is 6.61 Å². The Morgan fingerprint density at radius 3 is 1.74 bits per heavy atom. The van der Waals surface area contributed by atoms with Crippen LogP contribution in [0.2, 0.25) is 0 Å². The molecule has 0 aromatic heterocycles. The molecule has 0 spiro atoms. The number of carbonyl (C=O) groups excluding carboxylic acids is 1. The number of hydrogen-bond acceptors (Lipinski definition) is 4. The van der Waals surface area contributed by atoms with Crippen molar-refractivity contribution in [2.75, 3.05) is 6.61 Å². The predicted octanol–water partition coefficient (Wildman–Crippen LogP) is 5.28. The Hall–Kier alpha value is 0.969. The average molecular weight is 469 g/mol. The second-order valence-electron chi connectivity index (χ2n) is 6.24. The van der Waals surface area contributed by atoms with Crippen molar-refractivity contribution in [2.45, 2.75) is 101 Å². The summed E-state index contributed by atoms with van der Waals surface area (Å²) in [5.74, 6) is -0.277. The van der Waals surface area contributed by atoms with E-state index in [1.165, 1.54) is 51.4 Å². The number of esters is 1. The number of rotatable bonds is 15. The van der Waals surface area contributed by atoms with E-state index in [2.05, 4.69) is 39.1 Å². The third-order valence-electron chi connectivity index (χ3n) is 3.94. The van der Waals surface area contributed by atoms with Gasteiger partial charge in [0.1, 0.15) is 0 Å². The van der Waals surface area contributed by atoms with Crippen molar-refractivity contribution in [1.82, 2.24) is 0 Å². The fourth-order valence-electron chi connectivity index (χ4n) is 2.42. The molecule has 2 nitrogen and oxygen atoms in total. The monoisotopic (exact) mass is 470 g/mol. The van der Waals surface area contributed by atoms with Crippen LogP contribution in [-0.4, -0.2) is 40.6 Å². The van der Waals surface area contributed by atoms with Crippen LogP contribution in [0.4, 0.5) is 0 Å². The van der Waals surface area contributed by atoms with E-state index in [0.29, 0.717) is 13.0 Å². The first-order valence-electron chi connectivity index (χ1n) is 9.16. The molecule has 0 bridgehead atoms. The van der Waals surface area contributed by atoms with Gasteiger partial charge in [0.15, 0.2) is 4.08 Å². The van der Waals surface area contributed by atoms with Crippen LogP contribution < -0.4 is 0 Å². The van der Waals surface area contributed by atoms with Gasteiger partial charge in [-0.3, -0.25) is 0 Å². The van der Waals surface area contributed by atoms with E-state index in [0.717, 1.165) is 25.7 Å². The van der Waals surface area contributed by atoms with Crippen molar-refractivity contribution in [3.8, 4) is 0 Å². The van der Waals surface area contributed by atoms with Crippen molar-refractivity contribution < 1.29 is 9.53 Å². The van der Waals surface area contributed by atoms with E-state index in [9.17, 15) is 4.79 Å². The van der Waals surface area contributed by atoms with Gasteiger partial charge in [-0.1, -0.05) is 84.5 Å². The minimum atomic E-state index is -0.924. The Morgan fingerprint density at radius 1 is 0.783 bits per heavy atom. The Balaban J connectivity index is 0. The molecule has 23 heavy (non-hydrogen) atoms. The van der Waals surface area contributed by atoms with Crippen LogP contribution in [-0.2, 0) is 9.53 Å². The summed E-state index contributed by atoms with van der Waals surface area (Å²) in [6.45, 7) is 4.93. The number of carbonyl (C=O) groups is 1. The van der Waals surface area contributed by atoms with E-state index in [1.807, 2.05) is 0 Å². The van der Waals surface area contributed by atoms with Crippen LogP contribution in [0.15, 0.2) is 0 Å². The first kappa shape index (κ1) is 26.2. The normalized spacial score (nSPS) is 11.1. The molecule has 0 N–H and O–H groups in total. The molecule has 0 amide bonds. The SMILES string of the molecule is CCCCCCCCOC(=O)C(S)(S)CCCCCCCC.[SnH2]. The molecule has 0 saturated heterocycles. The Kier molecular flexibility index (Phi) is 20.3. The first-order valence-corrected chi connectivity index (χ1v) is 10.1. The maximum atomic E-state index is 12.0. The van der Waals surface area contributed by atoms with Crippen LogP contribution >= 0.6 is 25.3 Å². The molecule has 0 fully saturated rings. The molecular weight excluding hydrogens is 431 g/mol. The molecule has 0 saturated carbocycles. The zero-order chi connectivity index (χ0) is 16.7. The molecule has 0 atom stereocenters. The summed E-state index contributed by atoms with van der Waals surface area (Å²) in [6.07, 6.45) is 15.0. The number of ether oxygens (including phenoxy) is 1. The van der Waals surface area contributed by atoms with Crippen molar-refractivity contribution in [1.29, 1.82) is 0 Å². The minimum absolute atomic E-state index is 0. The fraction of sp³-hybridized carbons (Fsp3) is 0.944. The van der Waals surface area contributed by atoms with Gasteiger partial charge in [-0.15, -0.1) is 0 Å². The van der Waals surface area contributed by atoms with Gasteiger partial charge in [0.2, 0.25) is 0 Å². The molecule has 0 aliphatic heterocycles. The predicted molar refractivity (Wildman–Crippen MR) is 112 cm³/mol. The molecule has 138 valence electrons. The van der Waals surface area contributed by atoms with E-state index in [-0.39, 0.29) is 29.9 Å². The van der Waals surface area contributed by atoms with Gasteiger partial charge in [0.25, 0.3) is 0 Å². The van der Waals surface area contributed by atoms with Gasteiger partial charge in [-0.2, -0.15) is 25.3 Å². The zero-order valence-corrected chi connectivity index (χ0v) is 21.1. The summed E-state index contributed by atoms with van der Waals surface area (Å²) in [6, 6.07) is 0. The molecule has 2 radical (unpaired) electrons. The van der Waals surface area contributed by atoms with Crippen molar-refractivity contribution in [3.63, 3.8) is 0 Å². The molecule has 0 aromatic rings. The molecule has 0 unspecified atom stereocenters. The third-order valence-corrected chi connectivity index (χ3v) is 4.75. The number of thiol groups is 2. The standard InChI is InChI=1S/C18H36O2S2.Sn.2H/c1-3-5-7-9-11-13-15-18(21,22)17(19)20-16-14-12-10-8-6-4-2;;;/h21-22H,3-16H2,1-2H3;;;. The summed E-state index contributed by atoms with van der Waals surface area (Å²) in [5, 5.41) is 0.